The second-order valence-electron chi connectivity index (χ2n) is 4.92. The maximum atomic E-state index is 12.1. The van der Waals surface area contributed by atoms with Crippen molar-refractivity contribution in [2.24, 2.45) is 0 Å². The molecule has 2 rings (SSSR count). The smallest absolute Gasteiger partial charge is 0.227 e. The van der Waals surface area contributed by atoms with Crippen molar-refractivity contribution in [3.8, 4) is 0 Å². The molecule has 3 heteroatoms. The topological polar surface area (TPSA) is 55.1 Å². The lowest BCUT2D eigenvalue weighted by molar-refractivity contribution is -0.122. The van der Waals surface area contributed by atoms with E-state index in [1.54, 1.807) is 0 Å². The first kappa shape index (κ1) is 14.1. The van der Waals surface area contributed by atoms with Crippen molar-refractivity contribution in [3.05, 3.63) is 65.7 Å². The fourth-order valence-corrected chi connectivity index (χ4v) is 2.11. The molecule has 0 aromatic heterocycles. The number of anilines is 1. The molecule has 0 saturated carbocycles. The van der Waals surface area contributed by atoms with Gasteiger partial charge in [0.05, 0.1) is 5.92 Å². The summed E-state index contributed by atoms with van der Waals surface area (Å²) < 4.78 is 0. The molecule has 2 aromatic carbocycles. The van der Waals surface area contributed by atoms with Crippen molar-refractivity contribution in [3.63, 3.8) is 0 Å². The predicted molar refractivity (Wildman–Crippen MR) is 82.4 cm³/mol. The van der Waals surface area contributed by atoms with Crippen LogP contribution in [0.5, 0.6) is 0 Å². The number of rotatable bonds is 5. The summed E-state index contributed by atoms with van der Waals surface area (Å²) in [7, 11) is 0. The summed E-state index contributed by atoms with van der Waals surface area (Å²) in [5.41, 5.74) is 8.60. The molecule has 0 bridgehead atoms. The molecule has 0 aliphatic carbocycles. The van der Waals surface area contributed by atoms with E-state index in [4.69, 9.17) is 5.73 Å². The highest BCUT2D eigenvalue weighted by atomic mass is 16.1. The van der Waals surface area contributed by atoms with Gasteiger partial charge < -0.3 is 11.1 Å². The lowest BCUT2D eigenvalue weighted by Gasteiger charge is -2.13. The van der Waals surface area contributed by atoms with Crippen molar-refractivity contribution in [2.75, 3.05) is 12.3 Å². The van der Waals surface area contributed by atoms with E-state index in [1.165, 1.54) is 5.56 Å². The number of nitrogen functional groups attached to an aromatic ring is 1. The van der Waals surface area contributed by atoms with Crippen molar-refractivity contribution >= 4 is 11.6 Å². The molecule has 0 radical (unpaired) electrons. The van der Waals surface area contributed by atoms with Crippen LogP contribution in [0.1, 0.15) is 24.0 Å². The molecule has 1 atom stereocenters. The molecule has 20 heavy (non-hydrogen) atoms. The lowest BCUT2D eigenvalue weighted by Crippen LogP contribution is -2.29. The zero-order valence-corrected chi connectivity index (χ0v) is 11.7. The number of nitrogens with one attached hydrogen (secondary N) is 1. The van der Waals surface area contributed by atoms with Gasteiger partial charge >= 0.3 is 0 Å². The molecule has 0 aliphatic rings. The molecule has 0 spiro atoms. The fraction of sp³-hybridized carbons (Fsp3) is 0.235. The van der Waals surface area contributed by atoms with E-state index in [9.17, 15) is 4.79 Å². The number of nitrogens with two attached hydrogens (primary N) is 1. The van der Waals surface area contributed by atoms with Crippen LogP contribution in [0, 0.1) is 0 Å². The van der Waals surface area contributed by atoms with E-state index in [2.05, 4.69) is 17.4 Å². The van der Waals surface area contributed by atoms with Gasteiger partial charge in [0.2, 0.25) is 5.91 Å². The van der Waals surface area contributed by atoms with E-state index in [0.29, 0.717) is 12.2 Å². The first-order chi connectivity index (χ1) is 9.66. The number of benzene rings is 2. The average molecular weight is 268 g/mol. The van der Waals surface area contributed by atoms with Gasteiger partial charge in [0.15, 0.2) is 0 Å². The van der Waals surface area contributed by atoms with E-state index >= 15 is 0 Å². The third kappa shape index (κ3) is 3.85. The van der Waals surface area contributed by atoms with Crippen molar-refractivity contribution < 1.29 is 4.79 Å². The Morgan fingerprint density at radius 1 is 1.15 bits per heavy atom. The molecule has 1 amide bonds. The molecule has 104 valence electrons. The number of carbonyl (C=O) groups excluding carboxylic acids is 1. The quantitative estimate of drug-likeness (QED) is 0.819. The Morgan fingerprint density at radius 3 is 2.60 bits per heavy atom. The van der Waals surface area contributed by atoms with Gasteiger partial charge in [-0.15, -0.1) is 0 Å². The SMILES string of the molecule is CC(C(=O)NCCc1ccccc1)c1cccc(N)c1. The monoisotopic (exact) mass is 268 g/mol. The number of carbonyl (C=O) groups is 1. The van der Waals surface area contributed by atoms with Crippen LogP contribution in [-0.4, -0.2) is 12.5 Å². The van der Waals surface area contributed by atoms with Crippen molar-refractivity contribution in [1.82, 2.24) is 5.32 Å². The Balaban J connectivity index is 1.85. The third-order valence-corrected chi connectivity index (χ3v) is 3.36. The minimum Gasteiger partial charge on any atom is -0.399 e. The Kier molecular flexibility index (Phi) is 4.77. The van der Waals surface area contributed by atoms with Gasteiger partial charge in [-0.05, 0) is 36.6 Å². The molecule has 0 fully saturated rings. The second kappa shape index (κ2) is 6.75. The van der Waals surface area contributed by atoms with Crippen LogP contribution in [0.15, 0.2) is 54.6 Å². The first-order valence-corrected chi connectivity index (χ1v) is 6.84. The standard InChI is InChI=1S/C17H20N2O/c1-13(15-8-5-9-16(18)12-15)17(20)19-11-10-14-6-3-2-4-7-14/h2-9,12-13H,10-11,18H2,1H3,(H,19,20). The average Bonchev–Trinajstić information content (AvgIpc) is 2.47. The Hall–Kier alpha value is -2.29. The number of amides is 1. The van der Waals surface area contributed by atoms with Gasteiger partial charge in [-0.25, -0.2) is 0 Å². The number of hydrogen-bond donors (Lipinski definition) is 2. The van der Waals surface area contributed by atoms with E-state index in [0.717, 1.165) is 12.0 Å². The van der Waals surface area contributed by atoms with Crippen LogP contribution in [0.3, 0.4) is 0 Å². The van der Waals surface area contributed by atoms with Gasteiger partial charge in [0, 0.05) is 12.2 Å². The molecule has 0 heterocycles. The molecular weight excluding hydrogens is 248 g/mol. The summed E-state index contributed by atoms with van der Waals surface area (Å²) in [5.74, 6) is -0.152. The molecular formula is C17H20N2O. The van der Waals surface area contributed by atoms with Gasteiger partial charge in [-0.1, -0.05) is 42.5 Å². The maximum Gasteiger partial charge on any atom is 0.227 e. The minimum absolute atomic E-state index is 0.0338. The predicted octanol–water partition coefficient (Wildman–Crippen LogP) is 2.73. The van der Waals surface area contributed by atoms with Crippen LogP contribution < -0.4 is 11.1 Å². The molecule has 3 N–H and O–H groups in total. The van der Waals surface area contributed by atoms with E-state index in [-0.39, 0.29) is 11.8 Å². The minimum atomic E-state index is -0.186. The molecule has 0 aliphatic heterocycles. The summed E-state index contributed by atoms with van der Waals surface area (Å²) in [5, 5.41) is 2.97. The van der Waals surface area contributed by atoms with Gasteiger partial charge in [0.1, 0.15) is 0 Å². The van der Waals surface area contributed by atoms with Gasteiger partial charge in [-0.2, -0.15) is 0 Å². The first-order valence-electron chi connectivity index (χ1n) is 6.84. The van der Waals surface area contributed by atoms with Gasteiger partial charge in [0.25, 0.3) is 0 Å². The summed E-state index contributed by atoms with van der Waals surface area (Å²) in [6.45, 7) is 2.54. The summed E-state index contributed by atoms with van der Waals surface area (Å²) in [6.07, 6.45) is 0.843. The van der Waals surface area contributed by atoms with Crippen LogP contribution in [-0.2, 0) is 11.2 Å². The highest BCUT2D eigenvalue weighted by Gasteiger charge is 2.14. The Bertz CT molecular complexity index is 566. The number of hydrogen-bond acceptors (Lipinski definition) is 2. The maximum absolute atomic E-state index is 12.1. The van der Waals surface area contributed by atoms with Gasteiger partial charge in [-0.3, -0.25) is 4.79 Å². The highest BCUT2D eigenvalue weighted by molar-refractivity contribution is 5.83. The van der Waals surface area contributed by atoms with Crippen LogP contribution in [0.4, 0.5) is 5.69 Å². The third-order valence-electron chi connectivity index (χ3n) is 3.36. The molecule has 3 nitrogen and oxygen atoms in total. The van der Waals surface area contributed by atoms with E-state index in [1.807, 2.05) is 49.4 Å². The summed E-state index contributed by atoms with van der Waals surface area (Å²) >= 11 is 0. The summed E-state index contributed by atoms with van der Waals surface area (Å²) in [6, 6.07) is 17.6. The van der Waals surface area contributed by atoms with Crippen LogP contribution in [0.25, 0.3) is 0 Å². The highest BCUT2D eigenvalue weighted by Crippen LogP contribution is 2.17. The molecule has 2 aromatic rings. The second-order valence-corrected chi connectivity index (χ2v) is 4.92. The fourth-order valence-electron chi connectivity index (χ4n) is 2.11. The van der Waals surface area contributed by atoms with E-state index < -0.39 is 0 Å². The normalized spacial score (nSPS) is 11.8. The summed E-state index contributed by atoms with van der Waals surface area (Å²) in [4.78, 5) is 12.1. The molecule has 1 unspecified atom stereocenters. The van der Waals surface area contributed by atoms with Crippen molar-refractivity contribution in [1.29, 1.82) is 0 Å². The largest absolute Gasteiger partial charge is 0.399 e. The zero-order chi connectivity index (χ0) is 14.4. The Morgan fingerprint density at radius 2 is 1.90 bits per heavy atom. The van der Waals surface area contributed by atoms with Crippen LogP contribution >= 0.6 is 0 Å². The lowest BCUT2D eigenvalue weighted by atomic mass is 10.00. The van der Waals surface area contributed by atoms with Crippen LogP contribution in [0.2, 0.25) is 0 Å². The zero-order valence-electron chi connectivity index (χ0n) is 11.7. The Labute approximate surface area is 119 Å². The van der Waals surface area contributed by atoms with Crippen molar-refractivity contribution in [2.45, 2.75) is 19.3 Å². The molecule has 0 saturated heterocycles.